The van der Waals surface area contributed by atoms with E-state index in [1.165, 1.54) is 0 Å². The minimum atomic E-state index is -0.110. The molecule has 170 valence electrons. The van der Waals surface area contributed by atoms with Gasteiger partial charge in [0.1, 0.15) is 5.52 Å². The molecular formula is C25H26ClN5O2. The van der Waals surface area contributed by atoms with E-state index in [4.69, 9.17) is 26.3 Å². The molecule has 7 nitrogen and oxygen atoms in total. The number of fused-ring (bicyclic) bond motifs is 3. The Bertz CT molecular complexity index is 1410. The lowest BCUT2D eigenvalue weighted by molar-refractivity contribution is -0.127. The summed E-state index contributed by atoms with van der Waals surface area (Å²) in [5.74, 6) is 0.450. The number of imidazole rings is 1. The van der Waals surface area contributed by atoms with Gasteiger partial charge in [-0.15, -0.1) is 0 Å². The third-order valence-electron chi connectivity index (χ3n) is 6.65. The third-order valence-corrected chi connectivity index (χ3v) is 6.91. The molecule has 2 saturated heterocycles. The van der Waals surface area contributed by atoms with E-state index in [9.17, 15) is 4.79 Å². The van der Waals surface area contributed by atoms with Gasteiger partial charge in [0.2, 0.25) is 0 Å². The van der Waals surface area contributed by atoms with E-state index in [1.807, 2.05) is 36.7 Å². The van der Waals surface area contributed by atoms with Crippen molar-refractivity contribution < 1.29 is 4.74 Å². The highest BCUT2D eigenvalue weighted by Gasteiger charge is 2.49. The second-order valence-corrected chi connectivity index (χ2v) is 10.4. The summed E-state index contributed by atoms with van der Waals surface area (Å²) in [5.41, 5.74) is 5.30. The molecule has 8 heteroatoms. The average molecular weight is 464 g/mol. The molecule has 0 unspecified atom stereocenters. The van der Waals surface area contributed by atoms with Gasteiger partial charge in [0, 0.05) is 24.3 Å². The van der Waals surface area contributed by atoms with Crippen LogP contribution in [-0.4, -0.2) is 45.2 Å². The van der Waals surface area contributed by atoms with Crippen LogP contribution in [0.15, 0.2) is 47.5 Å². The number of pyridine rings is 1. The maximum absolute atomic E-state index is 13.6. The summed E-state index contributed by atoms with van der Waals surface area (Å²) in [5, 5.41) is 0.676. The molecule has 0 radical (unpaired) electrons. The molecule has 33 heavy (non-hydrogen) atoms. The van der Waals surface area contributed by atoms with E-state index in [-0.39, 0.29) is 5.69 Å². The molecule has 0 amide bonds. The Morgan fingerprint density at radius 3 is 2.61 bits per heavy atom. The number of halogens is 1. The van der Waals surface area contributed by atoms with Crippen LogP contribution in [0, 0.1) is 11.3 Å². The highest BCUT2D eigenvalue weighted by atomic mass is 35.5. The summed E-state index contributed by atoms with van der Waals surface area (Å²) in [6, 6.07) is 9.70. The van der Waals surface area contributed by atoms with E-state index in [1.54, 1.807) is 8.97 Å². The van der Waals surface area contributed by atoms with Crippen molar-refractivity contribution in [1.82, 2.24) is 18.9 Å². The molecule has 0 saturated carbocycles. The van der Waals surface area contributed by atoms with E-state index < -0.39 is 0 Å². The van der Waals surface area contributed by atoms with Crippen LogP contribution in [0.1, 0.15) is 25.1 Å². The Labute approximate surface area is 196 Å². The van der Waals surface area contributed by atoms with Gasteiger partial charge in [-0.1, -0.05) is 37.6 Å². The summed E-state index contributed by atoms with van der Waals surface area (Å²) in [4.78, 5) is 25.6. The highest BCUT2D eigenvalue weighted by Crippen LogP contribution is 2.40. The van der Waals surface area contributed by atoms with Gasteiger partial charge in [-0.3, -0.25) is 4.57 Å². The second-order valence-electron chi connectivity index (χ2n) is 9.93. The van der Waals surface area contributed by atoms with Gasteiger partial charge >= 0.3 is 5.69 Å². The van der Waals surface area contributed by atoms with Gasteiger partial charge in [-0.2, -0.15) is 0 Å². The summed E-state index contributed by atoms with van der Waals surface area (Å²) < 4.78 is 8.86. The molecule has 0 atom stereocenters. The minimum Gasteiger partial charge on any atom is -0.380 e. The number of aromatic nitrogens is 4. The normalized spacial score (nSPS) is 17.2. The number of anilines is 1. The molecule has 0 bridgehead atoms. The molecule has 4 aromatic rings. The van der Waals surface area contributed by atoms with Crippen molar-refractivity contribution >= 4 is 34.0 Å². The number of benzene rings is 1. The molecule has 2 aliphatic rings. The fourth-order valence-corrected chi connectivity index (χ4v) is 5.06. The zero-order valence-corrected chi connectivity index (χ0v) is 19.5. The van der Waals surface area contributed by atoms with Crippen molar-refractivity contribution in [3.8, 4) is 0 Å². The SMILES string of the molecule is CC(C)Cc1cn2c(=O)n(Cc3ccc(Cl)cc3)c3cc(N4CC5(COC5)C4)cnc3c2n1. The molecule has 2 fully saturated rings. The van der Waals surface area contributed by atoms with Crippen molar-refractivity contribution in [2.24, 2.45) is 11.3 Å². The molecule has 0 aliphatic carbocycles. The van der Waals surface area contributed by atoms with E-state index >= 15 is 0 Å². The quantitative estimate of drug-likeness (QED) is 0.450. The Morgan fingerprint density at radius 2 is 1.94 bits per heavy atom. The van der Waals surface area contributed by atoms with Gasteiger partial charge < -0.3 is 9.64 Å². The molecule has 2 aliphatic heterocycles. The Kier molecular flexibility index (Phi) is 4.74. The Balaban J connectivity index is 1.50. The third kappa shape index (κ3) is 3.50. The van der Waals surface area contributed by atoms with E-state index in [0.717, 1.165) is 60.7 Å². The first-order valence-corrected chi connectivity index (χ1v) is 11.8. The zero-order valence-electron chi connectivity index (χ0n) is 18.8. The van der Waals surface area contributed by atoms with Crippen molar-refractivity contribution in [2.75, 3.05) is 31.2 Å². The van der Waals surface area contributed by atoms with Crippen LogP contribution in [0.3, 0.4) is 0 Å². The minimum absolute atomic E-state index is 0.110. The van der Waals surface area contributed by atoms with Crippen molar-refractivity contribution in [3.05, 3.63) is 69.5 Å². The fraction of sp³-hybridized carbons (Fsp3) is 0.400. The number of ether oxygens (including phenoxy) is 1. The summed E-state index contributed by atoms with van der Waals surface area (Å²) in [6.07, 6.45) is 4.58. The van der Waals surface area contributed by atoms with Crippen LogP contribution in [0.4, 0.5) is 5.69 Å². The van der Waals surface area contributed by atoms with Crippen LogP contribution >= 0.6 is 11.6 Å². The zero-order chi connectivity index (χ0) is 22.7. The molecule has 5 heterocycles. The predicted molar refractivity (Wildman–Crippen MR) is 129 cm³/mol. The first kappa shape index (κ1) is 20.7. The fourth-order valence-electron chi connectivity index (χ4n) is 4.93. The maximum Gasteiger partial charge on any atom is 0.334 e. The van der Waals surface area contributed by atoms with Crippen molar-refractivity contribution in [2.45, 2.75) is 26.8 Å². The Morgan fingerprint density at radius 1 is 1.18 bits per heavy atom. The van der Waals surface area contributed by atoms with Crippen LogP contribution in [0.5, 0.6) is 0 Å². The molecular weight excluding hydrogens is 438 g/mol. The number of rotatable bonds is 5. The van der Waals surface area contributed by atoms with Crippen LogP contribution in [0.2, 0.25) is 5.02 Å². The predicted octanol–water partition coefficient (Wildman–Crippen LogP) is 3.78. The first-order valence-electron chi connectivity index (χ1n) is 11.4. The van der Waals surface area contributed by atoms with Gasteiger partial charge in [0.25, 0.3) is 0 Å². The van der Waals surface area contributed by atoms with Gasteiger partial charge in [0.15, 0.2) is 5.65 Å². The van der Waals surface area contributed by atoms with E-state index in [0.29, 0.717) is 28.5 Å². The van der Waals surface area contributed by atoms with Crippen LogP contribution in [-0.2, 0) is 17.7 Å². The Hall–Kier alpha value is -2.90. The van der Waals surface area contributed by atoms with E-state index in [2.05, 4.69) is 24.8 Å². The largest absolute Gasteiger partial charge is 0.380 e. The topological polar surface area (TPSA) is 64.7 Å². The number of hydrogen-bond acceptors (Lipinski definition) is 5. The first-order chi connectivity index (χ1) is 15.9. The number of nitrogens with zero attached hydrogens (tertiary/aromatic N) is 5. The lowest BCUT2D eigenvalue weighted by Crippen LogP contribution is -2.66. The summed E-state index contributed by atoms with van der Waals surface area (Å²) >= 11 is 6.08. The molecule has 6 rings (SSSR count). The second kappa shape index (κ2) is 7.57. The summed E-state index contributed by atoms with van der Waals surface area (Å²) in [6.45, 7) is 8.33. The standard InChI is InChI=1S/C25H26ClN5O2/c1-16(2)7-19-11-31-23(28-19)22-21(30(24(31)32)10-17-3-5-18(26)6-4-17)8-20(9-27-22)29-12-25(13-29)14-33-15-25/h3-6,8-9,11,16H,7,10,12-15H2,1-2H3. The number of hydrogen-bond donors (Lipinski definition) is 0. The van der Waals surface area contributed by atoms with Gasteiger partial charge in [0.05, 0.1) is 48.3 Å². The summed E-state index contributed by atoms with van der Waals surface area (Å²) in [7, 11) is 0. The maximum atomic E-state index is 13.6. The lowest BCUT2D eigenvalue weighted by atomic mass is 9.78. The van der Waals surface area contributed by atoms with Gasteiger partial charge in [-0.25, -0.2) is 19.2 Å². The smallest absolute Gasteiger partial charge is 0.334 e. The highest BCUT2D eigenvalue weighted by molar-refractivity contribution is 6.30. The lowest BCUT2D eigenvalue weighted by Gasteiger charge is -2.55. The molecule has 1 spiro atoms. The average Bonchev–Trinajstić information content (AvgIpc) is 3.14. The molecule has 0 N–H and O–H groups in total. The van der Waals surface area contributed by atoms with Crippen LogP contribution < -0.4 is 10.6 Å². The van der Waals surface area contributed by atoms with Gasteiger partial charge in [-0.05, 0) is 36.1 Å². The van der Waals surface area contributed by atoms with Crippen molar-refractivity contribution in [1.29, 1.82) is 0 Å². The molecule has 1 aromatic carbocycles. The molecule has 3 aromatic heterocycles. The van der Waals surface area contributed by atoms with Crippen molar-refractivity contribution in [3.63, 3.8) is 0 Å². The van der Waals surface area contributed by atoms with Crippen LogP contribution in [0.25, 0.3) is 16.7 Å². The monoisotopic (exact) mass is 463 g/mol.